The third-order valence-corrected chi connectivity index (χ3v) is 6.39. The first kappa shape index (κ1) is 21.5. The molecule has 0 unspecified atom stereocenters. The van der Waals surface area contributed by atoms with Crippen LogP contribution in [0, 0.1) is 6.92 Å². The maximum Gasteiger partial charge on any atom is 0.276 e. The summed E-state index contributed by atoms with van der Waals surface area (Å²) in [5.74, 6) is 2.95. The van der Waals surface area contributed by atoms with E-state index in [1.807, 2.05) is 68.4 Å². The molecule has 3 aromatic rings. The predicted octanol–water partition coefficient (Wildman–Crippen LogP) is 5.13. The van der Waals surface area contributed by atoms with Gasteiger partial charge in [0.1, 0.15) is 17.3 Å². The Morgan fingerprint density at radius 3 is 2.58 bits per heavy atom. The lowest BCUT2D eigenvalue weighted by Gasteiger charge is -2.32. The number of carbonyl (C=O) groups is 1. The third-order valence-electron chi connectivity index (χ3n) is 6.39. The Morgan fingerprint density at radius 1 is 1.06 bits per heavy atom. The molecule has 1 aliphatic carbocycles. The summed E-state index contributed by atoms with van der Waals surface area (Å²) < 4.78 is 11.5. The zero-order chi connectivity index (χ0) is 22.9. The molecule has 0 bridgehead atoms. The number of hydrogen-bond donors (Lipinski definition) is 0. The number of anilines is 1. The lowest BCUT2D eigenvalue weighted by atomic mass is 9.93. The van der Waals surface area contributed by atoms with E-state index in [0.717, 1.165) is 66.6 Å². The summed E-state index contributed by atoms with van der Waals surface area (Å²) in [7, 11) is 4.03. The van der Waals surface area contributed by atoms with Gasteiger partial charge in [-0.05, 0) is 56.9 Å². The highest BCUT2D eigenvalue weighted by Gasteiger charge is 2.32. The van der Waals surface area contributed by atoms with Crippen LogP contribution >= 0.6 is 0 Å². The molecular formula is C26H30N4O3. The molecule has 0 N–H and O–H groups in total. The summed E-state index contributed by atoms with van der Waals surface area (Å²) in [6.45, 7) is 3.33. The van der Waals surface area contributed by atoms with Crippen LogP contribution in [0.25, 0.3) is 0 Å². The summed E-state index contributed by atoms with van der Waals surface area (Å²) in [5.41, 5.74) is 3.41. The molecule has 1 saturated carbocycles. The number of aryl methyl sites for hydroxylation is 1. The van der Waals surface area contributed by atoms with Gasteiger partial charge >= 0.3 is 0 Å². The van der Waals surface area contributed by atoms with Crippen LogP contribution < -0.4 is 9.64 Å². The van der Waals surface area contributed by atoms with Crippen LogP contribution in [0.5, 0.6) is 11.5 Å². The summed E-state index contributed by atoms with van der Waals surface area (Å²) in [6, 6.07) is 13.8. The van der Waals surface area contributed by atoms with Crippen LogP contribution in [0.2, 0.25) is 0 Å². The molecule has 1 aromatic carbocycles. The van der Waals surface area contributed by atoms with Crippen molar-refractivity contribution >= 4 is 11.6 Å². The van der Waals surface area contributed by atoms with Crippen molar-refractivity contribution in [3.63, 3.8) is 0 Å². The molecule has 172 valence electrons. The topological polar surface area (TPSA) is 71.7 Å². The van der Waals surface area contributed by atoms with Crippen molar-refractivity contribution in [1.82, 2.24) is 15.0 Å². The molecule has 5 rings (SSSR count). The fourth-order valence-electron chi connectivity index (χ4n) is 4.39. The number of amides is 1. The van der Waals surface area contributed by atoms with Crippen LogP contribution in [0.3, 0.4) is 0 Å². The Morgan fingerprint density at radius 2 is 1.85 bits per heavy atom. The number of ether oxygens (including phenoxy) is 1. The van der Waals surface area contributed by atoms with Crippen molar-refractivity contribution in [2.24, 2.45) is 0 Å². The molecule has 7 nitrogen and oxygen atoms in total. The van der Waals surface area contributed by atoms with Crippen molar-refractivity contribution in [3.05, 3.63) is 65.3 Å². The Hall–Kier alpha value is -3.35. The second-order valence-electron chi connectivity index (χ2n) is 9.34. The lowest BCUT2D eigenvalue weighted by molar-refractivity contribution is 0.0695. The summed E-state index contributed by atoms with van der Waals surface area (Å²) >= 11 is 0. The monoisotopic (exact) mass is 446 g/mol. The van der Waals surface area contributed by atoms with Gasteiger partial charge in [-0.2, -0.15) is 0 Å². The molecule has 0 radical (unpaired) electrons. The standard InChI is InChI=1S/C26H30N4O3/c1-17-13-22(32-21-10-8-20(9-11-21)29(2)3)14-23(27-17)19-5-4-12-30(16-19)26(31)24-15-25(33-28-24)18-6-7-18/h8-11,13-15,18-19H,4-7,12,16H2,1-3H3/t19-/m1/s1. The molecule has 1 atom stereocenters. The minimum Gasteiger partial charge on any atom is -0.457 e. The third kappa shape index (κ3) is 4.87. The number of hydrogen-bond acceptors (Lipinski definition) is 6. The summed E-state index contributed by atoms with van der Waals surface area (Å²) in [5, 5.41) is 4.04. The van der Waals surface area contributed by atoms with E-state index < -0.39 is 0 Å². The van der Waals surface area contributed by atoms with Crippen molar-refractivity contribution in [3.8, 4) is 11.5 Å². The number of nitrogens with zero attached hydrogens (tertiary/aromatic N) is 4. The van der Waals surface area contributed by atoms with Crippen molar-refractivity contribution in [2.45, 2.75) is 44.4 Å². The van der Waals surface area contributed by atoms with Crippen LogP contribution in [0.1, 0.15) is 65.2 Å². The average Bonchev–Trinajstić information content (AvgIpc) is 3.55. The summed E-state index contributed by atoms with van der Waals surface area (Å²) in [4.78, 5) is 21.8. The van der Waals surface area contributed by atoms with E-state index in [2.05, 4.69) is 10.1 Å². The van der Waals surface area contributed by atoms with Crippen LogP contribution in [0.15, 0.2) is 47.0 Å². The SMILES string of the molecule is Cc1cc(Oc2ccc(N(C)C)cc2)cc([C@@H]2CCCN(C(=O)c3cc(C4CC4)on3)C2)n1. The van der Waals surface area contributed by atoms with Crippen molar-refractivity contribution < 1.29 is 14.1 Å². The molecule has 1 saturated heterocycles. The van der Waals surface area contributed by atoms with Gasteiger partial charge in [-0.1, -0.05) is 5.16 Å². The maximum atomic E-state index is 13.0. The minimum atomic E-state index is -0.0551. The highest BCUT2D eigenvalue weighted by Crippen LogP contribution is 2.40. The van der Waals surface area contributed by atoms with Crippen molar-refractivity contribution in [1.29, 1.82) is 0 Å². The number of likely N-dealkylation sites (tertiary alicyclic amines) is 1. The first-order chi connectivity index (χ1) is 16.0. The molecule has 2 fully saturated rings. The second-order valence-corrected chi connectivity index (χ2v) is 9.34. The smallest absolute Gasteiger partial charge is 0.276 e. The number of pyridine rings is 1. The number of carbonyl (C=O) groups excluding carboxylic acids is 1. The average molecular weight is 447 g/mol. The Bertz CT molecular complexity index is 1130. The first-order valence-electron chi connectivity index (χ1n) is 11.7. The van der Waals surface area contributed by atoms with Gasteiger partial charge in [0.2, 0.25) is 0 Å². The Kier molecular flexibility index (Phi) is 5.79. The van der Waals surface area contributed by atoms with E-state index in [9.17, 15) is 4.79 Å². The Labute approximate surface area is 194 Å². The largest absolute Gasteiger partial charge is 0.457 e. The predicted molar refractivity (Wildman–Crippen MR) is 126 cm³/mol. The van der Waals surface area contributed by atoms with Gasteiger partial charge in [-0.25, -0.2) is 0 Å². The molecule has 7 heteroatoms. The van der Waals surface area contributed by atoms with Crippen LogP contribution in [-0.4, -0.2) is 48.1 Å². The molecule has 1 amide bonds. The lowest BCUT2D eigenvalue weighted by Crippen LogP contribution is -2.39. The number of piperidine rings is 1. The minimum absolute atomic E-state index is 0.0551. The maximum absolute atomic E-state index is 13.0. The fourth-order valence-corrected chi connectivity index (χ4v) is 4.39. The first-order valence-corrected chi connectivity index (χ1v) is 11.7. The van der Waals surface area contributed by atoms with E-state index in [-0.39, 0.29) is 11.8 Å². The number of benzene rings is 1. The fraction of sp³-hybridized carbons (Fsp3) is 0.423. The van der Waals surface area contributed by atoms with Gasteiger partial charge in [0.15, 0.2) is 5.69 Å². The van der Waals surface area contributed by atoms with Crippen molar-refractivity contribution in [2.75, 3.05) is 32.1 Å². The zero-order valence-corrected chi connectivity index (χ0v) is 19.5. The molecule has 0 spiro atoms. The molecule has 3 heterocycles. The molecule has 2 aromatic heterocycles. The quantitative estimate of drug-likeness (QED) is 0.523. The van der Waals surface area contributed by atoms with Gasteiger partial charge in [0, 0.05) is 74.3 Å². The van der Waals surface area contributed by atoms with Gasteiger partial charge < -0.3 is 19.1 Å². The van der Waals surface area contributed by atoms with Gasteiger partial charge in [-0.15, -0.1) is 0 Å². The molecular weight excluding hydrogens is 416 g/mol. The van der Waals surface area contributed by atoms with Crippen LogP contribution in [-0.2, 0) is 0 Å². The molecule has 1 aliphatic heterocycles. The number of aromatic nitrogens is 2. The van der Waals surface area contributed by atoms with E-state index in [1.165, 1.54) is 0 Å². The number of rotatable bonds is 6. The van der Waals surface area contributed by atoms with E-state index in [4.69, 9.17) is 14.2 Å². The van der Waals surface area contributed by atoms with E-state index in [0.29, 0.717) is 18.2 Å². The van der Waals surface area contributed by atoms with E-state index >= 15 is 0 Å². The van der Waals surface area contributed by atoms with Gasteiger partial charge in [-0.3, -0.25) is 9.78 Å². The van der Waals surface area contributed by atoms with E-state index in [1.54, 1.807) is 0 Å². The van der Waals surface area contributed by atoms with Crippen LogP contribution in [0.4, 0.5) is 5.69 Å². The highest BCUT2D eigenvalue weighted by molar-refractivity contribution is 5.92. The molecule has 33 heavy (non-hydrogen) atoms. The van der Waals surface area contributed by atoms with Gasteiger partial charge in [0.05, 0.1) is 0 Å². The highest BCUT2D eigenvalue weighted by atomic mass is 16.5. The normalized spacial score (nSPS) is 18.3. The zero-order valence-electron chi connectivity index (χ0n) is 19.5. The summed E-state index contributed by atoms with van der Waals surface area (Å²) in [6.07, 6.45) is 4.17. The molecule has 2 aliphatic rings. The van der Waals surface area contributed by atoms with Gasteiger partial charge in [0.25, 0.3) is 5.91 Å². The Balaban J connectivity index is 1.29. The second kappa shape index (κ2) is 8.89.